The van der Waals surface area contributed by atoms with Gasteiger partial charge in [0, 0.05) is 19.3 Å². The maximum absolute atomic E-state index is 10.4. The lowest BCUT2D eigenvalue weighted by Crippen LogP contribution is -2.40. The van der Waals surface area contributed by atoms with Crippen LogP contribution in [0.1, 0.15) is 6.92 Å². The van der Waals surface area contributed by atoms with Gasteiger partial charge in [-0.2, -0.15) is 0 Å². The molecule has 0 aliphatic rings. The van der Waals surface area contributed by atoms with Crippen molar-refractivity contribution in [1.29, 1.82) is 0 Å². The summed E-state index contributed by atoms with van der Waals surface area (Å²) in [7, 11) is 0. The largest absolute Gasteiger partial charge is 0.354 e. The van der Waals surface area contributed by atoms with Crippen molar-refractivity contribution in [2.45, 2.75) is 13.0 Å². The highest BCUT2D eigenvalue weighted by atomic mass is 35.5. The number of carbonyl (C=O) groups is 2. The molecule has 0 aromatic heterocycles. The van der Waals surface area contributed by atoms with Crippen LogP contribution in [-0.4, -0.2) is 30.8 Å². The second-order valence-electron chi connectivity index (χ2n) is 2.07. The van der Waals surface area contributed by atoms with E-state index in [0.29, 0.717) is 18.8 Å². The van der Waals surface area contributed by atoms with Crippen LogP contribution < -0.4 is 10.6 Å². The van der Waals surface area contributed by atoms with Crippen LogP contribution in [0.5, 0.6) is 0 Å². The van der Waals surface area contributed by atoms with E-state index in [4.69, 9.17) is 11.6 Å². The minimum Gasteiger partial charge on any atom is -0.354 e. The predicted octanol–water partition coefficient (Wildman–Crippen LogP) is -0.524. The molecule has 2 amide bonds. The Balaban J connectivity index is 3.51. The van der Waals surface area contributed by atoms with Gasteiger partial charge < -0.3 is 10.6 Å². The minimum atomic E-state index is -0.182. The highest BCUT2D eigenvalue weighted by Gasteiger charge is 2.04. The molecule has 0 aliphatic carbocycles. The third-order valence-electron chi connectivity index (χ3n) is 1.09. The Morgan fingerprint density at radius 2 is 2.36 bits per heavy atom. The number of rotatable bonds is 5. The van der Waals surface area contributed by atoms with Gasteiger partial charge in [0.1, 0.15) is 0 Å². The van der Waals surface area contributed by atoms with Crippen LogP contribution in [0.3, 0.4) is 0 Å². The molecule has 0 rings (SSSR count). The lowest BCUT2D eigenvalue weighted by atomic mass is 10.3. The maximum Gasteiger partial charge on any atom is 0.216 e. The van der Waals surface area contributed by atoms with Crippen LogP contribution in [0, 0.1) is 0 Å². The molecule has 0 bridgehead atoms. The van der Waals surface area contributed by atoms with Crippen LogP contribution >= 0.6 is 11.6 Å². The van der Waals surface area contributed by atoms with E-state index in [1.165, 1.54) is 6.92 Å². The number of nitrogens with one attached hydrogen (secondary N) is 2. The normalized spacial score (nSPS) is 11.8. The van der Waals surface area contributed by atoms with E-state index < -0.39 is 0 Å². The highest BCUT2D eigenvalue weighted by molar-refractivity contribution is 6.18. The fraction of sp³-hybridized carbons (Fsp3) is 0.667. The second kappa shape index (κ2) is 5.97. The van der Waals surface area contributed by atoms with Gasteiger partial charge in [-0.25, -0.2) is 0 Å². The molecule has 2 N–H and O–H groups in total. The Kier molecular flexibility index (Phi) is 5.56. The third kappa shape index (κ3) is 5.66. The molecule has 0 saturated carbocycles. The molecule has 0 aliphatic heterocycles. The summed E-state index contributed by atoms with van der Waals surface area (Å²) in [6, 6.07) is -0.182. The molecule has 0 spiro atoms. The minimum absolute atomic E-state index is 0.132. The molecule has 1 unspecified atom stereocenters. The van der Waals surface area contributed by atoms with Crippen molar-refractivity contribution in [2.24, 2.45) is 0 Å². The van der Waals surface area contributed by atoms with Gasteiger partial charge in [-0.3, -0.25) is 9.59 Å². The van der Waals surface area contributed by atoms with Crippen molar-refractivity contribution in [1.82, 2.24) is 10.6 Å². The number of amides is 2. The molecule has 0 heterocycles. The molecule has 0 radical (unpaired) electrons. The van der Waals surface area contributed by atoms with E-state index in [-0.39, 0.29) is 11.9 Å². The summed E-state index contributed by atoms with van der Waals surface area (Å²) in [5, 5.41) is 5.00. The van der Waals surface area contributed by atoms with Crippen molar-refractivity contribution in [3.05, 3.63) is 0 Å². The van der Waals surface area contributed by atoms with E-state index in [1.807, 2.05) is 0 Å². The van der Waals surface area contributed by atoms with Crippen LogP contribution in [-0.2, 0) is 9.59 Å². The van der Waals surface area contributed by atoms with Crippen LogP contribution in [0.2, 0.25) is 0 Å². The lowest BCUT2D eigenvalue weighted by Gasteiger charge is -2.11. The molecule has 11 heavy (non-hydrogen) atoms. The molecular weight excluding hydrogens is 168 g/mol. The Bertz CT molecular complexity index is 141. The van der Waals surface area contributed by atoms with Gasteiger partial charge in [-0.15, -0.1) is 11.6 Å². The molecule has 5 heteroatoms. The van der Waals surface area contributed by atoms with Crippen LogP contribution in [0.25, 0.3) is 0 Å². The van der Waals surface area contributed by atoms with Gasteiger partial charge in [-0.05, 0) is 0 Å². The van der Waals surface area contributed by atoms with E-state index in [1.54, 1.807) is 0 Å². The number of hydrogen-bond donors (Lipinski definition) is 2. The highest BCUT2D eigenvalue weighted by Crippen LogP contribution is 1.84. The maximum atomic E-state index is 10.4. The Morgan fingerprint density at radius 1 is 1.73 bits per heavy atom. The standard InChI is InChI=1S/C6H11ClN2O2/c1-5(11)8-3-6(2-7)9-4-10/h4,6H,2-3H2,1H3,(H,8,11)(H,9,10). The first-order valence-electron chi connectivity index (χ1n) is 3.20. The molecule has 1 atom stereocenters. The quantitative estimate of drug-likeness (QED) is 0.440. The van der Waals surface area contributed by atoms with E-state index >= 15 is 0 Å². The first-order chi connectivity index (χ1) is 5.20. The summed E-state index contributed by atoms with van der Waals surface area (Å²) < 4.78 is 0. The number of halogens is 1. The van der Waals surface area contributed by atoms with Crippen molar-refractivity contribution in [3.8, 4) is 0 Å². The first kappa shape index (κ1) is 10.2. The summed E-state index contributed by atoms with van der Waals surface area (Å²) in [5.74, 6) is 0.159. The lowest BCUT2D eigenvalue weighted by molar-refractivity contribution is -0.119. The first-order valence-corrected chi connectivity index (χ1v) is 3.74. The van der Waals surface area contributed by atoms with E-state index in [9.17, 15) is 9.59 Å². The number of alkyl halides is 1. The summed E-state index contributed by atoms with van der Waals surface area (Å²) >= 11 is 5.46. The number of carbonyl (C=O) groups excluding carboxylic acids is 2. The smallest absolute Gasteiger partial charge is 0.216 e. The van der Waals surface area contributed by atoms with Crippen molar-refractivity contribution >= 4 is 23.9 Å². The molecule has 0 fully saturated rings. The molecule has 64 valence electrons. The molecule has 0 saturated heterocycles. The number of hydrogen-bond acceptors (Lipinski definition) is 2. The second-order valence-corrected chi connectivity index (χ2v) is 2.38. The zero-order valence-electron chi connectivity index (χ0n) is 6.26. The summed E-state index contributed by atoms with van der Waals surface area (Å²) in [6.07, 6.45) is 0.564. The fourth-order valence-electron chi connectivity index (χ4n) is 0.521. The molecular formula is C6H11ClN2O2. The monoisotopic (exact) mass is 178 g/mol. The molecule has 4 nitrogen and oxygen atoms in total. The predicted molar refractivity (Wildman–Crippen MR) is 42.4 cm³/mol. The van der Waals surface area contributed by atoms with E-state index in [0.717, 1.165) is 0 Å². The van der Waals surface area contributed by atoms with Gasteiger partial charge in [0.15, 0.2) is 0 Å². The Hall–Kier alpha value is -0.770. The average molecular weight is 179 g/mol. The molecule has 0 aromatic carbocycles. The zero-order valence-corrected chi connectivity index (χ0v) is 7.02. The SMILES string of the molecule is CC(=O)NCC(CCl)NC=O. The van der Waals surface area contributed by atoms with Crippen molar-refractivity contribution in [3.63, 3.8) is 0 Å². The zero-order chi connectivity index (χ0) is 8.69. The van der Waals surface area contributed by atoms with Crippen LogP contribution in [0.15, 0.2) is 0 Å². The Morgan fingerprint density at radius 3 is 2.73 bits per heavy atom. The van der Waals surface area contributed by atoms with Gasteiger partial charge in [0.05, 0.1) is 6.04 Å². The summed E-state index contributed by atoms with van der Waals surface area (Å²) in [6.45, 7) is 1.78. The molecule has 0 aromatic rings. The summed E-state index contributed by atoms with van der Waals surface area (Å²) in [5.41, 5.74) is 0. The Labute approximate surface area is 70.3 Å². The van der Waals surface area contributed by atoms with Gasteiger partial charge in [-0.1, -0.05) is 0 Å². The summed E-state index contributed by atoms with van der Waals surface area (Å²) in [4.78, 5) is 20.3. The fourth-order valence-corrected chi connectivity index (χ4v) is 0.719. The van der Waals surface area contributed by atoms with E-state index in [2.05, 4.69) is 10.6 Å². The van der Waals surface area contributed by atoms with Gasteiger partial charge >= 0.3 is 0 Å². The topological polar surface area (TPSA) is 58.2 Å². The third-order valence-corrected chi connectivity index (χ3v) is 1.46. The van der Waals surface area contributed by atoms with Gasteiger partial charge in [0.25, 0.3) is 0 Å². The van der Waals surface area contributed by atoms with Gasteiger partial charge in [0.2, 0.25) is 12.3 Å². The van der Waals surface area contributed by atoms with Crippen molar-refractivity contribution in [2.75, 3.05) is 12.4 Å². The average Bonchev–Trinajstić information content (AvgIpc) is 1.97. The van der Waals surface area contributed by atoms with Crippen molar-refractivity contribution < 1.29 is 9.59 Å². The van der Waals surface area contributed by atoms with Crippen LogP contribution in [0.4, 0.5) is 0 Å².